The zero-order valence-corrected chi connectivity index (χ0v) is 12.4. The third-order valence-electron chi connectivity index (χ3n) is 3.16. The van der Waals surface area contributed by atoms with E-state index in [1.165, 1.54) is 0 Å². The quantitative estimate of drug-likeness (QED) is 0.588. The maximum atomic E-state index is 11.6. The number of rotatable bonds is 9. The molecule has 0 aliphatic heterocycles. The van der Waals surface area contributed by atoms with Crippen LogP contribution in [0.1, 0.15) is 34.1 Å². The zero-order chi connectivity index (χ0) is 14.8. The average molecular weight is 273 g/mol. The minimum atomic E-state index is -0.876. The number of carbonyl (C=O) groups is 2. The third kappa shape index (κ3) is 7.66. The molecule has 0 radical (unpaired) electrons. The average Bonchev–Trinajstić information content (AvgIpc) is 2.36. The summed E-state index contributed by atoms with van der Waals surface area (Å²) in [6, 6.07) is -0.274. The van der Waals surface area contributed by atoms with Crippen molar-refractivity contribution in [3.63, 3.8) is 0 Å². The Morgan fingerprint density at radius 1 is 1.21 bits per heavy atom. The van der Waals surface area contributed by atoms with E-state index in [0.717, 1.165) is 19.6 Å². The van der Waals surface area contributed by atoms with E-state index in [1.54, 1.807) is 6.92 Å². The molecule has 0 saturated heterocycles. The topological polar surface area (TPSA) is 81.7 Å². The van der Waals surface area contributed by atoms with Crippen molar-refractivity contribution < 1.29 is 14.7 Å². The molecule has 0 fully saturated rings. The molecule has 0 bridgehead atoms. The van der Waals surface area contributed by atoms with Crippen molar-refractivity contribution in [3.8, 4) is 0 Å². The van der Waals surface area contributed by atoms with E-state index in [4.69, 9.17) is 5.11 Å². The monoisotopic (exact) mass is 273 g/mol. The molecule has 0 saturated carbocycles. The number of aliphatic carboxylic acids is 1. The third-order valence-corrected chi connectivity index (χ3v) is 3.16. The molecule has 6 heteroatoms. The normalized spacial score (nSPS) is 13.9. The Morgan fingerprint density at radius 3 is 2.21 bits per heavy atom. The SMILES string of the molecule is CCC(CNC(=O)NC(C)CN(CC)CC)C(=O)O. The fourth-order valence-corrected chi connectivity index (χ4v) is 1.81. The van der Waals surface area contributed by atoms with Gasteiger partial charge in [0.2, 0.25) is 0 Å². The van der Waals surface area contributed by atoms with E-state index < -0.39 is 11.9 Å². The second kappa shape index (κ2) is 9.61. The lowest BCUT2D eigenvalue weighted by Crippen LogP contribution is -2.47. The Balaban J connectivity index is 4.00. The second-order valence-corrected chi connectivity index (χ2v) is 4.68. The van der Waals surface area contributed by atoms with E-state index in [2.05, 4.69) is 29.4 Å². The van der Waals surface area contributed by atoms with Crippen LogP contribution >= 0.6 is 0 Å². The number of carboxylic acid groups (broad SMARTS) is 1. The standard InChI is InChI=1S/C13H27N3O3/c1-5-11(12(17)18)8-14-13(19)15-10(4)9-16(6-2)7-3/h10-11H,5-9H2,1-4H3,(H,17,18)(H2,14,15,19). The van der Waals surface area contributed by atoms with Gasteiger partial charge in [0.05, 0.1) is 5.92 Å². The lowest BCUT2D eigenvalue weighted by atomic mass is 10.1. The van der Waals surface area contributed by atoms with E-state index >= 15 is 0 Å². The Hall–Kier alpha value is -1.30. The van der Waals surface area contributed by atoms with Crippen LogP contribution in [0.25, 0.3) is 0 Å². The molecule has 0 rings (SSSR count). The molecule has 3 N–H and O–H groups in total. The van der Waals surface area contributed by atoms with Gasteiger partial charge in [-0.25, -0.2) is 4.79 Å². The van der Waals surface area contributed by atoms with Crippen molar-refractivity contribution in [2.75, 3.05) is 26.2 Å². The predicted octanol–water partition coefficient (Wildman–Crippen LogP) is 1.13. The highest BCUT2D eigenvalue weighted by Crippen LogP contribution is 2.00. The van der Waals surface area contributed by atoms with Crippen molar-refractivity contribution >= 4 is 12.0 Å². The first-order valence-electron chi connectivity index (χ1n) is 6.93. The van der Waals surface area contributed by atoms with Crippen molar-refractivity contribution in [1.82, 2.24) is 15.5 Å². The van der Waals surface area contributed by atoms with Gasteiger partial charge in [-0.2, -0.15) is 0 Å². The number of hydrogen-bond donors (Lipinski definition) is 3. The Morgan fingerprint density at radius 2 is 1.79 bits per heavy atom. The molecule has 2 unspecified atom stereocenters. The summed E-state index contributed by atoms with van der Waals surface area (Å²) < 4.78 is 0. The Kier molecular flexibility index (Phi) is 8.95. The fourth-order valence-electron chi connectivity index (χ4n) is 1.81. The molecule has 0 aliphatic rings. The molecule has 0 aromatic rings. The van der Waals surface area contributed by atoms with Crippen molar-refractivity contribution in [2.24, 2.45) is 5.92 Å². The molecule has 2 amide bonds. The minimum Gasteiger partial charge on any atom is -0.481 e. The number of nitrogens with one attached hydrogen (secondary N) is 2. The van der Waals surface area contributed by atoms with Gasteiger partial charge in [0.15, 0.2) is 0 Å². The van der Waals surface area contributed by atoms with Gasteiger partial charge in [-0.3, -0.25) is 4.79 Å². The number of nitrogens with zero attached hydrogens (tertiary/aromatic N) is 1. The molecule has 0 aromatic heterocycles. The smallest absolute Gasteiger partial charge is 0.315 e. The molecule has 0 heterocycles. The van der Waals surface area contributed by atoms with Gasteiger partial charge >= 0.3 is 12.0 Å². The summed E-state index contributed by atoms with van der Waals surface area (Å²) in [5, 5.41) is 14.3. The van der Waals surface area contributed by atoms with Gasteiger partial charge in [0.25, 0.3) is 0 Å². The second-order valence-electron chi connectivity index (χ2n) is 4.68. The lowest BCUT2D eigenvalue weighted by molar-refractivity contribution is -0.141. The van der Waals surface area contributed by atoms with Crippen molar-refractivity contribution in [2.45, 2.75) is 40.2 Å². The van der Waals surface area contributed by atoms with E-state index in [0.29, 0.717) is 6.42 Å². The van der Waals surface area contributed by atoms with Crippen molar-refractivity contribution in [1.29, 1.82) is 0 Å². The number of carbonyl (C=O) groups excluding carboxylic acids is 1. The molecule has 19 heavy (non-hydrogen) atoms. The maximum absolute atomic E-state index is 11.6. The first-order chi connectivity index (χ1) is 8.94. The number of amides is 2. The van der Waals surface area contributed by atoms with Crippen molar-refractivity contribution in [3.05, 3.63) is 0 Å². The van der Waals surface area contributed by atoms with Gasteiger partial charge in [0, 0.05) is 19.1 Å². The first-order valence-corrected chi connectivity index (χ1v) is 6.93. The van der Waals surface area contributed by atoms with Gasteiger partial charge in [-0.1, -0.05) is 20.8 Å². The number of urea groups is 1. The number of carboxylic acids is 1. The van der Waals surface area contributed by atoms with Crippen LogP contribution < -0.4 is 10.6 Å². The minimum absolute atomic E-state index is 0.0322. The molecule has 0 spiro atoms. The summed E-state index contributed by atoms with van der Waals surface area (Å²) in [4.78, 5) is 24.7. The number of hydrogen-bond acceptors (Lipinski definition) is 3. The fraction of sp³-hybridized carbons (Fsp3) is 0.846. The van der Waals surface area contributed by atoms with Gasteiger partial charge in [0.1, 0.15) is 0 Å². The molecule has 0 aromatic carbocycles. The molecular formula is C13H27N3O3. The highest BCUT2D eigenvalue weighted by Gasteiger charge is 2.16. The van der Waals surface area contributed by atoms with Crippen LogP contribution in [0, 0.1) is 5.92 Å². The Labute approximate surface area is 115 Å². The largest absolute Gasteiger partial charge is 0.481 e. The van der Waals surface area contributed by atoms with Crippen LogP contribution in [0.3, 0.4) is 0 Å². The van der Waals surface area contributed by atoms with Crippen LogP contribution in [0.5, 0.6) is 0 Å². The van der Waals surface area contributed by atoms with Crippen LogP contribution in [0.4, 0.5) is 4.79 Å². The van der Waals surface area contributed by atoms with Crippen LogP contribution in [0.15, 0.2) is 0 Å². The van der Waals surface area contributed by atoms with E-state index in [9.17, 15) is 9.59 Å². The van der Waals surface area contributed by atoms with Crippen LogP contribution in [0.2, 0.25) is 0 Å². The lowest BCUT2D eigenvalue weighted by Gasteiger charge is -2.23. The van der Waals surface area contributed by atoms with Gasteiger partial charge in [-0.05, 0) is 26.4 Å². The highest BCUT2D eigenvalue weighted by molar-refractivity contribution is 5.76. The van der Waals surface area contributed by atoms with E-state index in [1.807, 2.05) is 6.92 Å². The molecule has 6 nitrogen and oxygen atoms in total. The molecule has 0 aliphatic carbocycles. The molecular weight excluding hydrogens is 246 g/mol. The number of likely N-dealkylation sites (N-methyl/N-ethyl adjacent to an activating group) is 1. The molecule has 2 atom stereocenters. The Bertz CT molecular complexity index is 280. The van der Waals surface area contributed by atoms with Gasteiger partial charge in [-0.15, -0.1) is 0 Å². The van der Waals surface area contributed by atoms with Crippen LogP contribution in [-0.4, -0.2) is 54.2 Å². The molecule has 112 valence electrons. The first kappa shape index (κ1) is 17.7. The summed E-state index contributed by atoms with van der Waals surface area (Å²) in [5.74, 6) is -1.40. The zero-order valence-electron chi connectivity index (χ0n) is 12.4. The van der Waals surface area contributed by atoms with Gasteiger partial charge < -0.3 is 20.6 Å². The highest BCUT2D eigenvalue weighted by atomic mass is 16.4. The summed E-state index contributed by atoms with van der Waals surface area (Å²) >= 11 is 0. The predicted molar refractivity (Wildman–Crippen MR) is 75.2 cm³/mol. The summed E-state index contributed by atoms with van der Waals surface area (Å²) in [7, 11) is 0. The summed E-state index contributed by atoms with van der Waals surface area (Å²) in [5.41, 5.74) is 0. The summed E-state index contributed by atoms with van der Waals surface area (Å²) in [6.07, 6.45) is 0.505. The summed E-state index contributed by atoms with van der Waals surface area (Å²) in [6.45, 7) is 10.7. The van der Waals surface area contributed by atoms with E-state index in [-0.39, 0.29) is 18.6 Å². The maximum Gasteiger partial charge on any atom is 0.315 e. The van der Waals surface area contributed by atoms with Crippen LogP contribution in [-0.2, 0) is 4.79 Å².